The molecule has 0 aliphatic carbocycles. The Balaban J connectivity index is 0.00000177. The Kier molecular flexibility index (Phi) is 12.3. The predicted octanol–water partition coefficient (Wildman–Crippen LogP) is 5.84. The summed E-state index contributed by atoms with van der Waals surface area (Å²) >= 11 is 0. The first kappa shape index (κ1) is 31.8. The third-order valence-corrected chi connectivity index (χ3v) is 8.91. The van der Waals surface area contributed by atoms with Crippen LogP contribution in [0.25, 0.3) is 21.8 Å². The van der Waals surface area contributed by atoms with Gasteiger partial charge in [-0.05, 0) is 32.9 Å². The molecule has 0 spiro atoms. The molecule has 0 bridgehead atoms. The van der Waals surface area contributed by atoms with Crippen LogP contribution in [0.5, 0.6) is 0 Å². The van der Waals surface area contributed by atoms with E-state index in [4.69, 9.17) is 0 Å². The average Bonchev–Trinajstić information content (AvgIpc) is 3.39. The van der Waals surface area contributed by atoms with Crippen molar-refractivity contribution in [2.75, 3.05) is 24.6 Å². The molecule has 0 aliphatic rings. The number of amides is 2. The Bertz CT molecular complexity index is 1440. The summed E-state index contributed by atoms with van der Waals surface area (Å²) < 4.78 is 3.74. The van der Waals surface area contributed by atoms with Crippen LogP contribution >= 0.6 is 21.6 Å². The first-order chi connectivity index (χ1) is 19.9. The van der Waals surface area contributed by atoms with Gasteiger partial charge < -0.3 is 19.8 Å². The maximum atomic E-state index is 12.5. The molecule has 220 valence electrons. The van der Waals surface area contributed by atoms with Gasteiger partial charge in [0.1, 0.15) is 13.1 Å². The van der Waals surface area contributed by atoms with Gasteiger partial charge in [-0.3, -0.25) is 19.2 Å². The Morgan fingerprint density at radius 1 is 0.780 bits per heavy atom. The molecule has 0 aliphatic heterocycles. The van der Waals surface area contributed by atoms with E-state index in [0.717, 1.165) is 57.3 Å². The number of para-hydroxylation sites is 2. The van der Waals surface area contributed by atoms with Crippen molar-refractivity contribution < 1.29 is 22.0 Å². The van der Waals surface area contributed by atoms with Crippen LogP contribution in [0.3, 0.4) is 0 Å². The van der Waals surface area contributed by atoms with Crippen LogP contribution in [0.15, 0.2) is 61.2 Å². The highest BCUT2D eigenvalue weighted by Crippen LogP contribution is 2.25. The van der Waals surface area contributed by atoms with Gasteiger partial charge in [0, 0.05) is 71.8 Å². The number of carbonyl (C=O) groups is 4. The van der Waals surface area contributed by atoms with Gasteiger partial charge in [0.15, 0.2) is 12.6 Å². The molecule has 10 heteroatoms. The number of carbonyl (C=O) groups excluding carboxylic acids is 4. The maximum absolute atomic E-state index is 12.5. The van der Waals surface area contributed by atoms with Gasteiger partial charge in [0.2, 0.25) is 11.8 Å². The zero-order chi connectivity index (χ0) is 29.8. The molecule has 2 N–H and O–H groups in total. The molecule has 4 rings (SSSR count). The number of fused-ring (bicyclic) bond motifs is 2. The fraction of sp³-hybridized carbons (Fsp3) is 0.290. The van der Waals surface area contributed by atoms with Gasteiger partial charge in [-0.2, -0.15) is 0 Å². The second-order valence-corrected chi connectivity index (χ2v) is 11.9. The first-order valence-electron chi connectivity index (χ1n) is 13.3. The molecule has 0 radical (unpaired) electrons. The van der Waals surface area contributed by atoms with Crippen molar-refractivity contribution in [2.45, 2.75) is 33.9 Å². The molecule has 0 unspecified atom stereocenters. The highest BCUT2D eigenvalue weighted by molar-refractivity contribution is 8.76. The maximum Gasteiger partial charge on any atom is 0.239 e. The van der Waals surface area contributed by atoms with Crippen molar-refractivity contribution in [2.24, 2.45) is 0 Å². The van der Waals surface area contributed by atoms with E-state index in [0.29, 0.717) is 24.2 Å². The number of aldehydes is 2. The van der Waals surface area contributed by atoms with E-state index in [1.807, 2.05) is 78.4 Å². The minimum absolute atomic E-state index is 0. The van der Waals surface area contributed by atoms with E-state index in [-0.39, 0.29) is 27.8 Å². The number of benzene rings is 2. The molecule has 4 aromatic rings. The third kappa shape index (κ3) is 7.92. The van der Waals surface area contributed by atoms with Crippen molar-refractivity contribution in [3.05, 3.63) is 83.7 Å². The molecule has 0 saturated carbocycles. The molecule has 2 amide bonds. The number of allylic oxidation sites excluding steroid dienone is 1. The van der Waals surface area contributed by atoms with Crippen LogP contribution < -0.4 is 10.6 Å². The zero-order valence-electron chi connectivity index (χ0n) is 23.6. The van der Waals surface area contributed by atoms with E-state index in [1.165, 1.54) is 0 Å². The molecular weight excluding hydrogens is 556 g/mol. The highest BCUT2D eigenvalue weighted by atomic mass is 33.1. The molecule has 0 atom stereocenters. The second kappa shape index (κ2) is 15.9. The van der Waals surface area contributed by atoms with Crippen molar-refractivity contribution in [3.63, 3.8) is 0 Å². The molecular formula is C31H40N4O4S2. The van der Waals surface area contributed by atoms with Crippen LogP contribution in [0.1, 0.15) is 41.9 Å². The van der Waals surface area contributed by atoms with Gasteiger partial charge in [-0.1, -0.05) is 64.1 Å². The number of nitrogens with one attached hydrogen (secondary N) is 2. The van der Waals surface area contributed by atoms with E-state index in [1.54, 1.807) is 27.7 Å². The summed E-state index contributed by atoms with van der Waals surface area (Å²) in [6.45, 7) is 10.3. The molecule has 0 fully saturated rings. The first-order valence-corrected chi connectivity index (χ1v) is 15.8. The van der Waals surface area contributed by atoms with Gasteiger partial charge in [-0.25, -0.2) is 0 Å². The number of rotatable bonds is 13. The summed E-state index contributed by atoms with van der Waals surface area (Å²) in [4.78, 5) is 48.0. The van der Waals surface area contributed by atoms with Crippen molar-refractivity contribution in [1.29, 1.82) is 0 Å². The quantitative estimate of drug-likeness (QED) is 0.0871. The van der Waals surface area contributed by atoms with Crippen LogP contribution in [0.2, 0.25) is 0 Å². The van der Waals surface area contributed by atoms with Crippen molar-refractivity contribution in [3.8, 4) is 0 Å². The molecule has 2 aromatic heterocycles. The second-order valence-electron chi connectivity index (χ2n) is 9.19. The third-order valence-electron chi connectivity index (χ3n) is 6.50. The van der Waals surface area contributed by atoms with Crippen LogP contribution in [-0.4, -0.2) is 58.1 Å². The van der Waals surface area contributed by atoms with Gasteiger partial charge in [0.05, 0.1) is 0 Å². The number of aromatic nitrogens is 2. The largest absolute Gasteiger partial charge is 0.354 e. The molecule has 2 heterocycles. The Hall–Kier alpha value is -3.76. The lowest BCUT2D eigenvalue weighted by atomic mass is 10.1. The summed E-state index contributed by atoms with van der Waals surface area (Å²) in [6.07, 6.45) is 3.44. The molecule has 0 saturated heterocycles. The number of nitrogens with zero attached hydrogens (tertiary/aromatic N) is 2. The van der Waals surface area contributed by atoms with Crippen LogP contribution in [0, 0.1) is 13.8 Å². The Morgan fingerprint density at radius 3 is 1.51 bits per heavy atom. The number of hydrogen-bond acceptors (Lipinski definition) is 6. The standard InChI is InChI=1S/C28H30N4O4S2.C3H6.2H2/c1-19-23(17-33)21-7-3-5-9-25(21)31(19)15-27(35)29-11-13-37-38-14-12-30-28(36)16-32-20(2)24(18-34)22-8-4-6-10-26(22)32;1-3-2;;/h3-10,17-18H,11-16H2,1-2H3,(H,29,35)(H,30,36);3H,1H2,2H3;2*1H. The Labute approximate surface area is 251 Å². The van der Waals surface area contributed by atoms with E-state index < -0.39 is 0 Å². The molecule has 8 nitrogen and oxygen atoms in total. The monoisotopic (exact) mass is 596 g/mol. The fourth-order valence-electron chi connectivity index (χ4n) is 4.60. The van der Waals surface area contributed by atoms with E-state index >= 15 is 0 Å². The topological polar surface area (TPSA) is 102 Å². The average molecular weight is 597 g/mol. The van der Waals surface area contributed by atoms with Gasteiger partial charge in [-0.15, -0.1) is 6.58 Å². The van der Waals surface area contributed by atoms with Crippen LogP contribution in [0.4, 0.5) is 0 Å². The fourth-order valence-corrected chi connectivity index (χ4v) is 6.42. The van der Waals surface area contributed by atoms with Crippen molar-refractivity contribution >= 4 is 67.8 Å². The normalized spacial score (nSPS) is 10.6. The lowest BCUT2D eigenvalue weighted by Gasteiger charge is -2.10. The number of hydrogen-bond donors (Lipinski definition) is 2. The van der Waals surface area contributed by atoms with Gasteiger partial charge >= 0.3 is 0 Å². The minimum Gasteiger partial charge on any atom is -0.354 e. The summed E-state index contributed by atoms with van der Waals surface area (Å²) in [7, 11) is 3.27. The summed E-state index contributed by atoms with van der Waals surface area (Å²) in [5.41, 5.74) is 4.56. The molecule has 2 aromatic carbocycles. The van der Waals surface area contributed by atoms with E-state index in [2.05, 4.69) is 17.2 Å². The lowest BCUT2D eigenvalue weighted by molar-refractivity contribution is -0.122. The smallest absolute Gasteiger partial charge is 0.239 e. The lowest BCUT2D eigenvalue weighted by Crippen LogP contribution is -2.30. The summed E-state index contributed by atoms with van der Waals surface area (Å²) in [6, 6.07) is 15.2. The van der Waals surface area contributed by atoms with Gasteiger partial charge in [0.25, 0.3) is 0 Å². The Morgan fingerprint density at radius 2 is 1.15 bits per heavy atom. The predicted molar refractivity (Wildman–Crippen MR) is 175 cm³/mol. The van der Waals surface area contributed by atoms with Crippen LogP contribution in [-0.2, 0) is 22.7 Å². The highest BCUT2D eigenvalue weighted by Gasteiger charge is 2.16. The summed E-state index contributed by atoms with van der Waals surface area (Å²) in [5.74, 6) is 1.26. The molecule has 41 heavy (non-hydrogen) atoms. The van der Waals surface area contributed by atoms with E-state index in [9.17, 15) is 19.2 Å². The summed E-state index contributed by atoms with van der Waals surface area (Å²) in [5, 5.41) is 7.58. The zero-order valence-corrected chi connectivity index (χ0v) is 25.3. The SMILES string of the molecule is C=CC.Cc1c(C=O)c2ccccc2n1CC(=O)NCCSSCCNC(=O)Cn1c(C)c(C=O)c2ccccc21.[HH].[HH]. The van der Waals surface area contributed by atoms with Crippen molar-refractivity contribution in [1.82, 2.24) is 19.8 Å². The minimum atomic E-state index is -0.102.